The van der Waals surface area contributed by atoms with Crippen LogP contribution in [0.4, 0.5) is 4.39 Å². The minimum atomic E-state index is -0.0623. The first-order valence-electron chi connectivity index (χ1n) is 6.26. The molecule has 0 spiro atoms. The Kier molecular flexibility index (Phi) is 6.09. The Hall–Kier alpha value is -0.890. The minimum absolute atomic E-state index is 0.0623. The number of aryl methyl sites for hydroxylation is 1. The van der Waals surface area contributed by atoms with Crippen molar-refractivity contribution in [3.05, 3.63) is 35.1 Å². The second-order valence-corrected chi connectivity index (χ2v) is 4.21. The molecule has 0 radical (unpaired) electrons. The average molecular weight is 223 g/mol. The number of hydrogen-bond donors (Lipinski definition) is 1. The summed E-state index contributed by atoms with van der Waals surface area (Å²) in [5, 5.41) is 3.33. The van der Waals surface area contributed by atoms with Gasteiger partial charge in [0.1, 0.15) is 5.82 Å². The van der Waals surface area contributed by atoms with Gasteiger partial charge in [0.2, 0.25) is 0 Å². The maximum atomic E-state index is 13.5. The van der Waals surface area contributed by atoms with E-state index >= 15 is 0 Å². The largest absolute Gasteiger partial charge is 0.313 e. The molecule has 1 aromatic rings. The highest BCUT2D eigenvalue weighted by Crippen LogP contribution is 2.13. The average Bonchev–Trinajstić information content (AvgIpc) is 2.30. The second kappa shape index (κ2) is 7.39. The monoisotopic (exact) mass is 223 g/mol. The van der Waals surface area contributed by atoms with Crippen LogP contribution in [0.1, 0.15) is 44.2 Å². The first-order chi connectivity index (χ1) is 7.77. The third-order valence-corrected chi connectivity index (χ3v) is 2.67. The van der Waals surface area contributed by atoms with Crippen molar-refractivity contribution < 1.29 is 4.39 Å². The molecule has 0 heterocycles. The summed E-state index contributed by atoms with van der Waals surface area (Å²) in [6, 6.07) is 5.45. The zero-order chi connectivity index (χ0) is 11.8. The SMILES string of the molecule is CCCCc1cc(CNCCC)ccc1F. The summed E-state index contributed by atoms with van der Waals surface area (Å²) in [5.41, 5.74) is 2.04. The first kappa shape index (κ1) is 13.2. The third kappa shape index (κ3) is 4.31. The van der Waals surface area contributed by atoms with Crippen LogP contribution in [0, 0.1) is 5.82 Å². The van der Waals surface area contributed by atoms with Gasteiger partial charge in [0.05, 0.1) is 0 Å². The Labute approximate surface area is 98.1 Å². The highest BCUT2D eigenvalue weighted by molar-refractivity contribution is 5.25. The number of benzene rings is 1. The Balaban J connectivity index is 2.58. The molecule has 0 aliphatic heterocycles. The quantitative estimate of drug-likeness (QED) is 0.695. The smallest absolute Gasteiger partial charge is 0.126 e. The molecule has 90 valence electrons. The van der Waals surface area contributed by atoms with Crippen LogP contribution in [0.15, 0.2) is 18.2 Å². The summed E-state index contributed by atoms with van der Waals surface area (Å²) >= 11 is 0. The van der Waals surface area contributed by atoms with E-state index < -0.39 is 0 Å². The zero-order valence-corrected chi connectivity index (χ0v) is 10.4. The van der Waals surface area contributed by atoms with Gasteiger partial charge in [0.15, 0.2) is 0 Å². The Morgan fingerprint density at radius 1 is 1.19 bits per heavy atom. The molecule has 0 amide bonds. The molecule has 0 aliphatic carbocycles. The number of hydrogen-bond acceptors (Lipinski definition) is 1. The molecule has 0 atom stereocenters. The van der Waals surface area contributed by atoms with Crippen molar-refractivity contribution in [1.82, 2.24) is 5.32 Å². The molecule has 0 fully saturated rings. The van der Waals surface area contributed by atoms with Crippen molar-refractivity contribution in [3.63, 3.8) is 0 Å². The zero-order valence-electron chi connectivity index (χ0n) is 10.4. The van der Waals surface area contributed by atoms with Crippen molar-refractivity contribution in [3.8, 4) is 0 Å². The van der Waals surface area contributed by atoms with Gasteiger partial charge < -0.3 is 5.32 Å². The summed E-state index contributed by atoms with van der Waals surface area (Å²) in [4.78, 5) is 0. The molecular weight excluding hydrogens is 201 g/mol. The summed E-state index contributed by atoms with van der Waals surface area (Å²) < 4.78 is 13.5. The molecular formula is C14H22FN. The number of rotatable bonds is 7. The van der Waals surface area contributed by atoms with Crippen LogP contribution in [-0.4, -0.2) is 6.54 Å². The molecule has 2 heteroatoms. The summed E-state index contributed by atoms with van der Waals surface area (Å²) in [7, 11) is 0. The summed E-state index contributed by atoms with van der Waals surface area (Å²) in [5.74, 6) is -0.0623. The van der Waals surface area contributed by atoms with Gasteiger partial charge in [-0.25, -0.2) is 4.39 Å². The lowest BCUT2D eigenvalue weighted by atomic mass is 10.0. The predicted molar refractivity (Wildman–Crippen MR) is 67.0 cm³/mol. The fourth-order valence-electron chi connectivity index (χ4n) is 1.71. The molecule has 0 aromatic heterocycles. The van der Waals surface area contributed by atoms with Crippen LogP contribution in [0.25, 0.3) is 0 Å². The molecule has 0 unspecified atom stereocenters. The molecule has 0 aliphatic rings. The lowest BCUT2D eigenvalue weighted by Crippen LogP contribution is -2.14. The van der Waals surface area contributed by atoms with Crippen LogP contribution in [-0.2, 0) is 13.0 Å². The van der Waals surface area contributed by atoms with E-state index in [1.54, 1.807) is 6.07 Å². The molecule has 1 aromatic carbocycles. The van der Waals surface area contributed by atoms with Crippen molar-refractivity contribution in [2.24, 2.45) is 0 Å². The normalized spacial score (nSPS) is 10.7. The van der Waals surface area contributed by atoms with Gasteiger partial charge in [-0.3, -0.25) is 0 Å². The maximum Gasteiger partial charge on any atom is 0.126 e. The molecule has 1 rings (SSSR count). The van der Waals surface area contributed by atoms with Gasteiger partial charge in [-0.1, -0.05) is 32.4 Å². The fourth-order valence-corrected chi connectivity index (χ4v) is 1.71. The second-order valence-electron chi connectivity index (χ2n) is 4.21. The molecule has 0 saturated heterocycles. The van der Waals surface area contributed by atoms with Crippen molar-refractivity contribution in [1.29, 1.82) is 0 Å². The molecule has 0 saturated carbocycles. The Morgan fingerprint density at radius 3 is 2.69 bits per heavy atom. The van der Waals surface area contributed by atoms with E-state index in [1.807, 2.05) is 12.1 Å². The lowest BCUT2D eigenvalue weighted by Gasteiger charge is -2.07. The van der Waals surface area contributed by atoms with Crippen LogP contribution >= 0.6 is 0 Å². The fraction of sp³-hybridized carbons (Fsp3) is 0.571. The Bertz CT molecular complexity index is 310. The van der Waals surface area contributed by atoms with E-state index in [2.05, 4.69) is 19.2 Å². The van der Waals surface area contributed by atoms with Crippen molar-refractivity contribution in [2.75, 3.05) is 6.54 Å². The van der Waals surface area contributed by atoms with Crippen LogP contribution in [0.2, 0.25) is 0 Å². The van der Waals surface area contributed by atoms with Crippen LogP contribution in [0.3, 0.4) is 0 Å². The van der Waals surface area contributed by atoms with E-state index in [0.717, 1.165) is 44.3 Å². The van der Waals surface area contributed by atoms with E-state index in [0.29, 0.717) is 0 Å². The van der Waals surface area contributed by atoms with E-state index in [4.69, 9.17) is 0 Å². The lowest BCUT2D eigenvalue weighted by molar-refractivity contribution is 0.600. The van der Waals surface area contributed by atoms with Gasteiger partial charge in [-0.2, -0.15) is 0 Å². The minimum Gasteiger partial charge on any atom is -0.313 e. The molecule has 1 N–H and O–H groups in total. The van der Waals surface area contributed by atoms with Crippen LogP contribution in [0.5, 0.6) is 0 Å². The number of unbranched alkanes of at least 4 members (excludes halogenated alkanes) is 1. The number of halogens is 1. The summed E-state index contributed by atoms with van der Waals surface area (Å²) in [6.07, 6.45) is 4.15. The van der Waals surface area contributed by atoms with Crippen LogP contribution < -0.4 is 5.32 Å². The molecule has 0 bridgehead atoms. The molecule has 1 nitrogen and oxygen atoms in total. The van der Waals surface area contributed by atoms with Crippen molar-refractivity contribution >= 4 is 0 Å². The molecule has 16 heavy (non-hydrogen) atoms. The topological polar surface area (TPSA) is 12.0 Å². The standard InChI is InChI=1S/C14H22FN/c1-3-5-6-13-10-12(7-8-14(13)15)11-16-9-4-2/h7-8,10,16H,3-6,9,11H2,1-2H3. The highest BCUT2D eigenvalue weighted by atomic mass is 19.1. The van der Waals surface area contributed by atoms with Gasteiger partial charge in [-0.05, 0) is 43.0 Å². The van der Waals surface area contributed by atoms with Crippen molar-refractivity contribution in [2.45, 2.75) is 46.1 Å². The van der Waals surface area contributed by atoms with E-state index in [9.17, 15) is 4.39 Å². The maximum absolute atomic E-state index is 13.5. The highest BCUT2D eigenvalue weighted by Gasteiger charge is 2.02. The first-order valence-corrected chi connectivity index (χ1v) is 6.26. The van der Waals surface area contributed by atoms with E-state index in [1.165, 1.54) is 5.56 Å². The summed E-state index contributed by atoms with van der Waals surface area (Å²) in [6.45, 7) is 6.13. The third-order valence-electron chi connectivity index (χ3n) is 2.67. The van der Waals surface area contributed by atoms with Gasteiger partial charge >= 0.3 is 0 Å². The van der Waals surface area contributed by atoms with Gasteiger partial charge in [-0.15, -0.1) is 0 Å². The Morgan fingerprint density at radius 2 is 2.00 bits per heavy atom. The van der Waals surface area contributed by atoms with E-state index in [-0.39, 0.29) is 5.82 Å². The van der Waals surface area contributed by atoms with Gasteiger partial charge in [0.25, 0.3) is 0 Å². The number of nitrogens with one attached hydrogen (secondary N) is 1. The van der Waals surface area contributed by atoms with Gasteiger partial charge in [0, 0.05) is 6.54 Å². The predicted octanol–water partition coefficient (Wildman–Crippen LogP) is 3.67.